The highest BCUT2D eigenvalue weighted by molar-refractivity contribution is 5.43. The monoisotopic (exact) mass is 338 g/mol. The van der Waals surface area contributed by atoms with Crippen molar-refractivity contribution in [3.8, 4) is 5.75 Å². The van der Waals surface area contributed by atoms with Gasteiger partial charge in [0.25, 0.3) is 0 Å². The van der Waals surface area contributed by atoms with E-state index in [1.807, 2.05) is 18.2 Å². The van der Waals surface area contributed by atoms with E-state index in [9.17, 15) is 5.11 Å². The number of pyridine rings is 1. The summed E-state index contributed by atoms with van der Waals surface area (Å²) < 4.78 is 6.03. The number of aliphatic hydroxyl groups excluding tert-OH is 1. The molecule has 1 saturated heterocycles. The van der Waals surface area contributed by atoms with Gasteiger partial charge in [-0.25, -0.2) is 0 Å². The Morgan fingerprint density at radius 2 is 1.88 bits per heavy atom. The van der Waals surface area contributed by atoms with E-state index in [-0.39, 0.29) is 0 Å². The lowest BCUT2D eigenvalue weighted by molar-refractivity contribution is 0.217. The summed E-state index contributed by atoms with van der Waals surface area (Å²) >= 11 is 0. The van der Waals surface area contributed by atoms with E-state index >= 15 is 0 Å². The van der Waals surface area contributed by atoms with Gasteiger partial charge in [-0.15, -0.1) is 0 Å². The van der Waals surface area contributed by atoms with Crippen LogP contribution in [0.4, 0.5) is 0 Å². The van der Waals surface area contributed by atoms with Crippen molar-refractivity contribution in [2.75, 3.05) is 19.7 Å². The number of fused-ring (bicyclic) bond motifs is 1. The van der Waals surface area contributed by atoms with Crippen molar-refractivity contribution in [3.63, 3.8) is 0 Å². The molecule has 1 aromatic carbocycles. The molecule has 1 aliphatic heterocycles. The minimum atomic E-state index is 0.365. The fourth-order valence-corrected chi connectivity index (χ4v) is 4.38. The summed E-state index contributed by atoms with van der Waals surface area (Å²) in [6, 6.07) is 10.4. The third kappa shape index (κ3) is 3.42. The van der Waals surface area contributed by atoms with Crippen molar-refractivity contribution < 1.29 is 9.84 Å². The molecule has 1 aliphatic carbocycles. The lowest BCUT2D eigenvalue weighted by Gasteiger charge is -2.20. The van der Waals surface area contributed by atoms with Gasteiger partial charge in [0.15, 0.2) is 0 Å². The highest BCUT2D eigenvalue weighted by Crippen LogP contribution is 2.51. The van der Waals surface area contributed by atoms with Gasteiger partial charge >= 0.3 is 0 Å². The first-order chi connectivity index (χ1) is 12.2. The number of rotatable bonds is 6. The molecule has 1 aromatic heterocycles. The minimum absolute atomic E-state index is 0.365. The average molecular weight is 338 g/mol. The normalized spacial score (nSPS) is 25.0. The summed E-state index contributed by atoms with van der Waals surface area (Å²) in [5.74, 6) is 3.00. The zero-order valence-corrected chi connectivity index (χ0v) is 15.0. The molecule has 1 saturated carbocycles. The molecule has 4 rings (SSSR count). The van der Waals surface area contributed by atoms with Crippen LogP contribution in [-0.4, -0.2) is 34.7 Å². The molecule has 25 heavy (non-hydrogen) atoms. The maximum absolute atomic E-state index is 9.29. The van der Waals surface area contributed by atoms with E-state index in [4.69, 9.17) is 4.74 Å². The Morgan fingerprint density at radius 3 is 2.48 bits per heavy atom. The van der Waals surface area contributed by atoms with Gasteiger partial charge in [0.2, 0.25) is 0 Å². The van der Waals surface area contributed by atoms with E-state index in [1.54, 1.807) is 6.20 Å². The van der Waals surface area contributed by atoms with Crippen molar-refractivity contribution >= 4 is 0 Å². The zero-order valence-electron chi connectivity index (χ0n) is 15.0. The summed E-state index contributed by atoms with van der Waals surface area (Å²) in [4.78, 5) is 6.83. The number of nitrogens with zero attached hydrogens (tertiary/aromatic N) is 2. The summed E-state index contributed by atoms with van der Waals surface area (Å²) in [5.41, 5.74) is 4.66. The number of aryl methyl sites for hydroxylation is 2. The highest BCUT2D eigenvalue weighted by Gasteiger charge is 2.54. The Morgan fingerprint density at radius 1 is 1.16 bits per heavy atom. The fourth-order valence-electron chi connectivity index (χ4n) is 4.38. The Bertz CT molecular complexity index is 712. The van der Waals surface area contributed by atoms with Crippen molar-refractivity contribution in [1.82, 2.24) is 9.88 Å². The van der Waals surface area contributed by atoms with Gasteiger partial charge in [0, 0.05) is 32.4 Å². The Labute approximate surface area is 149 Å². The van der Waals surface area contributed by atoms with Gasteiger partial charge in [-0.2, -0.15) is 0 Å². The molecular formula is C21H26N2O2. The molecule has 1 N–H and O–H groups in total. The molecule has 4 heteroatoms. The molecular weight excluding hydrogens is 312 g/mol. The second-order valence-electron chi connectivity index (χ2n) is 7.54. The average Bonchev–Trinajstić information content (AvgIpc) is 3.08. The van der Waals surface area contributed by atoms with Crippen LogP contribution in [-0.2, 0) is 13.2 Å². The van der Waals surface area contributed by atoms with E-state index in [1.165, 1.54) is 16.7 Å². The molecule has 2 aliphatic rings. The van der Waals surface area contributed by atoms with Crippen molar-refractivity contribution in [2.24, 2.45) is 17.8 Å². The van der Waals surface area contributed by atoms with Gasteiger partial charge in [-0.1, -0.05) is 18.2 Å². The predicted molar refractivity (Wildman–Crippen MR) is 97.3 cm³/mol. The van der Waals surface area contributed by atoms with Crippen LogP contribution < -0.4 is 4.74 Å². The van der Waals surface area contributed by atoms with Gasteiger partial charge in [-0.05, 0) is 60.4 Å². The van der Waals surface area contributed by atoms with Crippen molar-refractivity contribution in [1.29, 1.82) is 0 Å². The molecule has 3 atom stereocenters. The van der Waals surface area contributed by atoms with Crippen LogP contribution in [0.25, 0.3) is 0 Å². The molecule has 0 radical (unpaired) electrons. The van der Waals surface area contributed by atoms with E-state index in [0.29, 0.717) is 19.1 Å². The summed E-state index contributed by atoms with van der Waals surface area (Å²) in [6.45, 7) is 8.36. The topological polar surface area (TPSA) is 45.6 Å². The number of benzene rings is 1. The molecule has 132 valence electrons. The maximum Gasteiger partial charge on any atom is 0.130 e. The summed E-state index contributed by atoms with van der Waals surface area (Å²) in [7, 11) is 0. The summed E-state index contributed by atoms with van der Waals surface area (Å²) in [6.07, 6.45) is 1.80. The van der Waals surface area contributed by atoms with Gasteiger partial charge in [0.1, 0.15) is 12.4 Å². The summed E-state index contributed by atoms with van der Waals surface area (Å²) in [5, 5.41) is 9.29. The lowest BCUT2D eigenvalue weighted by Crippen LogP contribution is -2.24. The van der Waals surface area contributed by atoms with E-state index in [2.05, 4.69) is 35.9 Å². The first kappa shape index (κ1) is 16.6. The molecule has 0 spiro atoms. The number of likely N-dealkylation sites (tertiary alicyclic amines) is 1. The van der Waals surface area contributed by atoms with Crippen LogP contribution in [0.3, 0.4) is 0 Å². The van der Waals surface area contributed by atoms with E-state index < -0.39 is 0 Å². The molecule has 2 fully saturated rings. The Hall–Kier alpha value is -1.91. The van der Waals surface area contributed by atoms with Crippen LogP contribution in [0, 0.1) is 31.6 Å². The highest BCUT2D eigenvalue weighted by atomic mass is 16.5. The molecule has 0 amide bonds. The van der Waals surface area contributed by atoms with Gasteiger partial charge in [0.05, 0.1) is 5.69 Å². The fraction of sp³-hybridized carbons (Fsp3) is 0.476. The Balaban J connectivity index is 1.39. The Kier molecular flexibility index (Phi) is 4.48. The van der Waals surface area contributed by atoms with Crippen LogP contribution in [0.15, 0.2) is 36.5 Å². The van der Waals surface area contributed by atoms with Crippen LogP contribution in [0.2, 0.25) is 0 Å². The molecule has 0 bridgehead atoms. The number of hydrogen-bond donors (Lipinski definition) is 1. The zero-order chi connectivity index (χ0) is 17.4. The van der Waals surface area contributed by atoms with Gasteiger partial charge in [-0.3, -0.25) is 9.88 Å². The smallest absolute Gasteiger partial charge is 0.130 e. The van der Waals surface area contributed by atoms with Crippen molar-refractivity contribution in [3.05, 3.63) is 58.9 Å². The molecule has 2 heterocycles. The predicted octanol–water partition coefficient (Wildman–Crippen LogP) is 2.95. The second kappa shape index (κ2) is 6.77. The number of piperidine rings is 1. The maximum atomic E-state index is 9.29. The standard InChI is InChI=1S/C21H26N2O2/c1-14-7-16(9-23-10-18-19(11-23)20(18)12-24)8-15(2)21(14)25-13-17-5-3-4-6-22-17/h3-8,18-20,24H,9-13H2,1-2H3/t18-,19+,20?. The quantitative estimate of drug-likeness (QED) is 0.880. The first-order valence-corrected chi connectivity index (χ1v) is 9.11. The van der Waals surface area contributed by atoms with E-state index in [0.717, 1.165) is 42.9 Å². The number of hydrogen-bond acceptors (Lipinski definition) is 4. The third-order valence-electron chi connectivity index (χ3n) is 5.67. The number of ether oxygens (including phenoxy) is 1. The van der Waals surface area contributed by atoms with Crippen LogP contribution in [0.1, 0.15) is 22.4 Å². The van der Waals surface area contributed by atoms with Crippen molar-refractivity contribution in [2.45, 2.75) is 27.0 Å². The van der Waals surface area contributed by atoms with Crippen LogP contribution in [0.5, 0.6) is 5.75 Å². The van der Waals surface area contributed by atoms with Gasteiger partial charge < -0.3 is 9.84 Å². The number of aliphatic hydroxyl groups is 1. The molecule has 4 nitrogen and oxygen atoms in total. The lowest BCUT2D eigenvalue weighted by atomic mass is 10.0. The molecule has 2 aromatic rings. The second-order valence-corrected chi connectivity index (χ2v) is 7.54. The van der Waals surface area contributed by atoms with Crippen LogP contribution >= 0.6 is 0 Å². The molecule has 1 unspecified atom stereocenters. The largest absolute Gasteiger partial charge is 0.487 e. The third-order valence-corrected chi connectivity index (χ3v) is 5.67. The number of aromatic nitrogens is 1. The minimum Gasteiger partial charge on any atom is -0.487 e. The first-order valence-electron chi connectivity index (χ1n) is 9.11. The SMILES string of the molecule is Cc1cc(CN2C[C@@H]3C(CO)[C@@H]3C2)cc(C)c1OCc1ccccn1.